The molecule has 0 aliphatic carbocycles. The summed E-state index contributed by atoms with van der Waals surface area (Å²) in [6, 6.07) is 36.8. The molecular formula is C30H21NO3. The number of aromatic nitrogens is 1. The number of rotatable bonds is 6. The lowest BCUT2D eigenvalue weighted by Crippen LogP contribution is -2.20. The van der Waals surface area contributed by atoms with Crippen LogP contribution >= 0.6 is 0 Å². The molecule has 5 rings (SSSR count). The Labute approximate surface area is 197 Å². The van der Waals surface area contributed by atoms with E-state index in [4.69, 9.17) is 9.72 Å². The molecule has 0 saturated carbocycles. The van der Waals surface area contributed by atoms with Crippen molar-refractivity contribution in [2.24, 2.45) is 0 Å². The van der Waals surface area contributed by atoms with Crippen LogP contribution in [0.4, 0.5) is 0 Å². The largest absolute Gasteiger partial charge is 0.445 e. The van der Waals surface area contributed by atoms with Crippen LogP contribution in [0.5, 0.6) is 0 Å². The van der Waals surface area contributed by atoms with Crippen molar-refractivity contribution in [3.05, 3.63) is 138 Å². The van der Waals surface area contributed by atoms with Crippen LogP contribution in [0.1, 0.15) is 32.4 Å². The monoisotopic (exact) mass is 443 g/mol. The van der Waals surface area contributed by atoms with Gasteiger partial charge in [-0.15, -0.1) is 0 Å². The molecule has 0 spiro atoms. The Kier molecular flexibility index (Phi) is 5.95. The van der Waals surface area contributed by atoms with Gasteiger partial charge in [-0.2, -0.15) is 0 Å². The number of hydrogen-bond acceptors (Lipinski definition) is 4. The van der Waals surface area contributed by atoms with Crippen molar-refractivity contribution in [1.82, 2.24) is 4.98 Å². The van der Waals surface area contributed by atoms with Crippen molar-refractivity contribution in [2.45, 2.75) is 6.10 Å². The first-order valence-electron chi connectivity index (χ1n) is 11.0. The van der Waals surface area contributed by atoms with Crippen molar-refractivity contribution in [3.63, 3.8) is 0 Å². The number of fused-ring (bicyclic) bond motifs is 1. The van der Waals surface area contributed by atoms with Crippen molar-refractivity contribution in [2.75, 3.05) is 0 Å². The molecule has 0 aliphatic heterocycles. The molecule has 4 heteroatoms. The highest BCUT2D eigenvalue weighted by molar-refractivity contribution is 6.07. The second-order valence-electron chi connectivity index (χ2n) is 7.86. The van der Waals surface area contributed by atoms with Crippen molar-refractivity contribution in [3.8, 4) is 11.3 Å². The fourth-order valence-electron chi connectivity index (χ4n) is 3.93. The number of ether oxygens (including phenoxy) is 1. The average Bonchev–Trinajstić information content (AvgIpc) is 2.92. The minimum atomic E-state index is -1.07. The first-order valence-corrected chi connectivity index (χ1v) is 11.0. The first kappa shape index (κ1) is 21.3. The fraction of sp³-hybridized carbons (Fsp3) is 0.0333. The molecular weight excluding hydrogens is 422 g/mol. The number of esters is 1. The smallest absolute Gasteiger partial charge is 0.339 e. The van der Waals surface area contributed by atoms with E-state index in [9.17, 15) is 9.59 Å². The van der Waals surface area contributed by atoms with Crippen LogP contribution in [0.25, 0.3) is 22.2 Å². The van der Waals surface area contributed by atoms with Crippen LogP contribution in [0, 0.1) is 0 Å². The van der Waals surface area contributed by atoms with Crippen LogP contribution in [0.15, 0.2) is 121 Å². The van der Waals surface area contributed by atoms with E-state index >= 15 is 0 Å². The minimum absolute atomic E-state index is 0.276. The highest BCUT2D eigenvalue weighted by atomic mass is 16.5. The molecule has 1 aromatic heterocycles. The van der Waals surface area contributed by atoms with E-state index in [0.29, 0.717) is 33.3 Å². The Morgan fingerprint density at radius 2 is 1.26 bits per heavy atom. The maximum atomic E-state index is 13.6. The van der Waals surface area contributed by atoms with Crippen molar-refractivity contribution in [1.29, 1.82) is 0 Å². The SMILES string of the molecule is O=C(OC(C(=O)c1ccccc1)c1ccccc1)c1cc(-c2ccccc2)nc2ccccc12. The molecule has 0 radical (unpaired) electrons. The molecule has 0 N–H and O–H groups in total. The summed E-state index contributed by atoms with van der Waals surface area (Å²) in [6.07, 6.45) is -1.07. The summed E-state index contributed by atoms with van der Waals surface area (Å²) in [6.45, 7) is 0. The van der Waals surface area contributed by atoms with Crippen LogP contribution in [0.3, 0.4) is 0 Å². The zero-order valence-corrected chi connectivity index (χ0v) is 18.3. The number of Topliss-reactive ketones (excluding diaryl/α,β-unsaturated/α-hetero) is 1. The van der Waals surface area contributed by atoms with Gasteiger partial charge in [-0.05, 0) is 12.1 Å². The predicted octanol–water partition coefficient (Wildman–Crippen LogP) is 6.68. The standard InChI is InChI=1S/C30H21NO3/c32-28(22-14-6-2-7-15-22)29(23-16-8-3-9-17-23)34-30(33)25-20-27(21-12-4-1-5-13-21)31-26-19-11-10-18-24(25)26/h1-20,29H. The molecule has 1 unspecified atom stereocenters. The summed E-state index contributed by atoms with van der Waals surface area (Å²) in [7, 11) is 0. The molecule has 0 saturated heterocycles. The molecule has 4 nitrogen and oxygen atoms in total. The van der Waals surface area contributed by atoms with E-state index in [-0.39, 0.29) is 5.78 Å². The number of carbonyl (C=O) groups is 2. The lowest BCUT2D eigenvalue weighted by molar-refractivity contribution is 0.0282. The van der Waals surface area contributed by atoms with Gasteiger partial charge in [0.1, 0.15) is 0 Å². The van der Waals surface area contributed by atoms with Gasteiger partial charge >= 0.3 is 5.97 Å². The first-order chi connectivity index (χ1) is 16.7. The third kappa shape index (κ3) is 4.34. The molecule has 0 bridgehead atoms. The van der Waals surface area contributed by atoms with E-state index in [0.717, 1.165) is 5.56 Å². The van der Waals surface area contributed by atoms with Gasteiger partial charge < -0.3 is 4.74 Å². The van der Waals surface area contributed by atoms with Crippen molar-refractivity contribution < 1.29 is 14.3 Å². The van der Waals surface area contributed by atoms with Gasteiger partial charge in [0, 0.05) is 22.1 Å². The molecule has 0 aliphatic rings. The van der Waals surface area contributed by atoms with Crippen LogP contribution in [-0.2, 0) is 4.74 Å². The molecule has 4 aromatic carbocycles. The van der Waals surface area contributed by atoms with Gasteiger partial charge in [-0.1, -0.05) is 109 Å². The molecule has 164 valence electrons. The molecule has 5 aromatic rings. The van der Waals surface area contributed by atoms with E-state index in [1.807, 2.05) is 78.9 Å². The zero-order valence-electron chi connectivity index (χ0n) is 18.3. The Hall–Kier alpha value is -4.57. The third-order valence-corrected chi connectivity index (χ3v) is 5.63. The Bertz CT molecular complexity index is 1450. The summed E-state index contributed by atoms with van der Waals surface area (Å²) < 4.78 is 5.92. The number of pyridine rings is 1. The van der Waals surface area contributed by atoms with Crippen LogP contribution in [-0.4, -0.2) is 16.7 Å². The van der Waals surface area contributed by atoms with Crippen LogP contribution < -0.4 is 0 Å². The van der Waals surface area contributed by atoms with Crippen molar-refractivity contribution >= 4 is 22.7 Å². The van der Waals surface area contributed by atoms with Gasteiger partial charge in [0.05, 0.1) is 16.8 Å². The molecule has 0 amide bonds. The van der Waals surface area contributed by atoms with E-state index in [1.165, 1.54) is 0 Å². The highest BCUT2D eigenvalue weighted by Gasteiger charge is 2.27. The number of para-hydroxylation sites is 1. The third-order valence-electron chi connectivity index (χ3n) is 5.63. The summed E-state index contributed by atoms with van der Waals surface area (Å²) in [5.41, 5.74) is 3.70. The van der Waals surface area contributed by atoms with Gasteiger partial charge in [0.2, 0.25) is 5.78 Å². The zero-order chi connectivity index (χ0) is 23.3. The van der Waals surface area contributed by atoms with E-state index in [2.05, 4.69) is 0 Å². The lowest BCUT2D eigenvalue weighted by Gasteiger charge is -2.18. The Morgan fingerprint density at radius 3 is 1.97 bits per heavy atom. The Morgan fingerprint density at radius 1 is 0.676 bits per heavy atom. The van der Waals surface area contributed by atoms with Gasteiger partial charge in [0.25, 0.3) is 0 Å². The van der Waals surface area contributed by atoms with Gasteiger partial charge in [-0.25, -0.2) is 9.78 Å². The summed E-state index contributed by atoms with van der Waals surface area (Å²) in [5.74, 6) is -0.851. The topological polar surface area (TPSA) is 56.3 Å². The summed E-state index contributed by atoms with van der Waals surface area (Å²) >= 11 is 0. The molecule has 1 heterocycles. The van der Waals surface area contributed by atoms with Gasteiger partial charge in [-0.3, -0.25) is 4.79 Å². The minimum Gasteiger partial charge on any atom is -0.445 e. The second kappa shape index (κ2) is 9.51. The number of hydrogen-bond donors (Lipinski definition) is 0. The van der Waals surface area contributed by atoms with Gasteiger partial charge in [0.15, 0.2) is 6.10 Å². The quantitative estimate of drug-likeness (QED) is 0.217. The summed E-state index contributed by atoms with van der Waals surface area (Å²) in [4.78, 5) is 31.7. The highest BCUT2D eigenvalue weighted by Crippen LogP contribution is 2.29. The molecule has 0 fully saturated rings. The molecule has 34 heavy (non-hydrogen) atoms. The van der Waals surface area contributed by atoms with E-state index in [1.54, 1.807) is 42.5 Å². The molecule has 1 atom stereocenters. The summed E-state index contributed by atoms with van der Waals surface area (Å²) in [5, 5.41) is 0.672. The van der Waals surface area contributed by atoms with E-state index < -0.39 is 12.1 Å². The maximum Gasteiger partial charge on any atom is 0.339 e. The van der Waals surface area contributed by atoms with Crippen LogP contribution in [0.2, 0.25) is 0 Å². The second-order valence-corrected chi connectivity index (χ2v) is 7.86. The number of nitrogens with zero attached hydrogens (tertiary/aromatic N) is 1. The Balaban J connectivity index is 1.57. The number of carbonyl (C=O) groups excluding carboxylic acids is 2. The number of benzene rings is 4. The average molecular weight is 444 g/mol. The lowest BCUT2D eigenvalue weighted by atomic mass is 9.99. The fourth-order valence-corrected chi connectivity index (χ4v) is 3.93. The normalized spacial score (nSPS) is 11.6. The predicted molar refractivity (Wildman–Crippen MR) is 133 cm³/mol. The number of ketones is 1. The maximum absolute atomic E-state index is 13.6.